The van der Waals surface area contributed by atoms with Gasteiger partial charge in [-0.3, -0.25) is 4.79 Å². The summed E-state index contributed by atoms with van der Waals surface area (Å²) in [5.41, 5.74) is -0.580. The molecular weight excluding hydrogens is 296 g/mol. The zero-order valence-electron chi connectivity index (χ0n) is 13.8. The molecule has 0 spiro atoms. The summed E-state index contributed by atoms with van der Waals surface area (Å²) < 4.78 is 16.5. The van der Waals surface area contributed by atoms with E-state index in [1.165, 1.54) is 0 Å². The maximum absolute atomic E-state index is 11.8. The molecule has 0 fully saturated rings. The summed E-state index contributed by atoms with van der Waals surface area (Å²) in [7, 11) is 0. The fraction of sp³-hybridized carbons (Fsp3) is 0.389. The molecule has 1 unspecified atom stereocenters. The van der Waals surface area contributed by atoms with Gasteiger partial charge >= 0.3 is 5.97 Å². The van der Waals surface area contributed by atoms with Crippen LogP contribution in [-0.2, 0) is 16.1 Å². The minimum Gasteiger partial charge on any atom is -0.457 e. The molecule has 0 aliphatic carbocycles. The maximum Gasteiger partial charge on any atom is 0.311 e. The zero-order valence-corrected chi connectivity index (χ0v) is 13.8. The topological polar surface area (TPSA) is 68.9 Å². The van der Waals surface area contributed by atoms with Crippen molar-refractivity contribution in [1.82, 2.24) is 0 Å². The van der Waals surface area contributed by atoms with Crippen LogP contribution in [0.3, 0.4) is 0 Å². The van der Waals surface area contributed by atoms with Gasteiger partial charge in [-0.15, -0.1) is 0 Å². The highest BCUT2D eigenvalue weighted by molar-refractivity contribution is 5.75. The molecule has 2 aromatic rings. The van der Waals surface area contributed by atoms with Gasteiger partial charge < -0.3 is 19.0 Å². The lowest BCUT2D eigenvalue weighted by Crippen LogP contribution is -2.22. The number of carbonyl (C=O) groups excluding carboxylic acids is 1. The van der Waals surface area contributed by atoms with Gasteiger partial charge in [0, 0.05) is 6.07 Å². The highest BCUT2D eigenvalue weighted by Crippen LogP contribution is 2.33. The van der Waals surface area contributed by atoms with Gasteiger partial charge in [-0.2, -0.15) is 0 Å². The number of carbonyl (C=O) groups is 1. The Kier molecular flexibility index (Phi) is 5.11. The van der Waals surface area contributed by atoms with Crippen LogP contribution < -0.4 is 4.74 Å². The summed E-state index contributed by atoms with van der Waals surface area (Å²) in [6.07, 6.45) is -0.833. The minimum atomic E-state index is -0.833. The van der Waals surface area contributed by atoms with Crippen molar-refractivity contribution < 1.29 is 23.8 Å². The predicted octanol–water partition coefficient (Wildman–Crippen LogP) is 4.21. The van der Waals surface area contributed by atoms with E-state index in [4.69, 9.17) is 13.9 Å². The first-order chi connectivity index (χ1) is 10.8. The molecule has 2 rings (SSSR count). The third-order valence-electron chi connectivity index (χ3n) is 3.08. The number of aliphatic hydroxyl groups is 1. The van der Waals surface area contributed by atoms with E-state index < -0.39 is 11.5 Å². The number of benzene rings is 1. The van der Waals surface area contributed by atoms with Crippen molar-refractivity contribution in [1.29, 1.82) is 0 Å². The number of hydrogen-bond acceptors (Lipinski definition) is 5. The average molecular weight is 318 g/mol. The molecular formula is C18H22O5. The maximum atomic E-state index is 11.8. The monoisotopic (exact) mass is 318 g/mol. The molecule has 124 valence electrons. The summed E-state index contributed by atoms with van der Waals surface area (Å²) in [4.78, 5) is 11.8. The highest BCUT2D eigenvalue weighted by atomic mass is 16.5. The lowest BCUT2D eigenvalue weighted by atomic mass is 9.97. The lowest BCUT2D eigenvalue weighted by molar-refractivity contribution is -0.154. The molecule has 0 aliphatic heterocycles. The van der Waals surface area contributed by atoms with Crippen molar-refractivity contribution in [3.05, 3.63) is 47.9 Å². The number of rotatable bonds is 5. The number of aliphatic hydroxyl groups excluding tert-OH is 1. The van der Waals surface area contributed by atoms with Crippen molar-refractivity contribution in [3.63, 3.8) is 0 Å². The SMILES string of the molecule is CC(O)c1oc(COC(=O)C(C)(C)C)cc1Oc1ccccc1. The Bertz CT molecular complexity index is 650. The second-order valence-corrected chi connectivity index (χ2v) is 6.36. The van der Waals surface area contributed by atoms with E-state index in [0.717, 1.165) is 0 Å². The molecule has 5 heteroatoms. The molecule has 1 N–H and O–H groups in total. The van der Waals surface area contributed by atoms with Crippen molar-refractivity contribution >= 4 is 5.97 Å². The zero-order chi connectivity index (χ0) is 17.0. The van der Waals surface area contributed by atoms with E-state index in [1.54, 1.807) is 45.9 Å². The number of esters is 1. The van der Waals surface area contributed by atoms with Gasteiger partial charge in [-0.05, 0) is 39.8 Å². The molecule has 0 amide bonds. The summed E-state index contributed by atoms with van der Waals surface area (Å²) >= 11 is 0. The van der Waals surface area contributed by atoms with Crippen molar-refractivity contribution in [3.8, 4) is 11.5 Å². The quantitative estimate of drug-likeness (QED) is 0.836. The van der Waals surface area contributed by atoms with Crippen LogP contribution in [0.1, 0.15) is 45.3 Å². The fourth-order valence-electron chi connectivity index (χ4n) is 1.85. The van der Waals surface area contributed by atoms with Crippen LogP contribution in [0.5, 0.6) is 11.5 Å². The van der Waals surface area contributed by atoms with Gasteiger partial charge in [0.05, 0.1) is 5.41 Å². The van der Waals surface area contributed by atoms with E-state index in [1.807, 2.05) is 18.2 Å². The molecule has 1 atom stereocenters. The molecule has 1 aromatic heterocycles. The summed E-state index contributed by atoms with van der Waals surface area (Å²) in [6.45, 7) is 6.92. The Hall–Kier alpha value is -2.27. The van der Waals surface area contributed by atoms with E-state index in [0.29, 0.717) is 23.0 Å². The first-order valence-electron chi connectivity index (χ1n) is 7.48. The molecule has 0 saturated heterocycles. The molecule has 0 radical (unpaired) electrons. The van der Waals surface area contributed by atoms with Gasteiger partial charge in [0.1, 0.15) is 24.2 Å². The van der Waals surface area contributed by atoms with Crippen LogP contribution in [0.4, 0.5) is 0 Å². The van der Waals surface area contributed by atoms with E-state index in [-0.39, 0.29) is 12.6 Å². The molecule has 1 aromatic carbocycles. The van der Waals surface area contributed by atoms with Gasteiger partial charge in [-0.1, -0.05) is 18.2 Å². The highest BCUT2D eigenvalue weighted by Gasteiger charge is 2.24. The first kappa shape index (κ1) is 17.1. The van der Waals surface area contributed by atoms with Crippen LogP contribution in [0.15, 0.2) is 40.8 Å². The summed E-state index contributed by atoms with van der Waals surface area (Å²) in [5, 5.41) is 9.82. The summed E-state index contributed by atoms with van der Waals surface area (Å²) in [5.74, 6) is 1.44. The average Bonchev–Trinajstić information content (AvgIpc) is 2.88. The summed E-state index contributed by atoms with van der Waals surface area (Å²) in [6, 6.07) is 10.8. The predicted molar refractivity (Wildman–Crippen MR) is 85.1 cm³/mol. The number of ether oxygens (including phenoxy) is 2. The number of hydrogen-bond donors (Lipinski definition) is 1. The van der Waals surface area contributed by atoms with Crippen LogP contribution in [0.2, 0.25) is 0 Å². The normalized spacial score (nSPS) is 12.7. The standard InChI is InChI=1S/C18H22O5/c1-12(19)16-15(22-13-8-6-5-7-9-13)10-14(23-16)11-21-17(20)18(2,3)4/h5-10,12,19H,11H2,1-4H3. The molecule has 0 bridgehead atoms. The largest absolute Gasteiger partial charge is 0.457 e. The van der Waals surface area contributed by atoms with Crippen LogP contribution in [0, 0.1) is 5.41 Å². The molecule has 0 saturated carbocycles. The Morgan fingerprint density at radius 1 is 1.26 bits per heavy atom. The first-order valence-corrected chi connectivity index (χ1v) is 7.48. The third kappa shape index (κ3) is 4.60. The van der Waals surface area contributed by atoms with Crippen LogP contribution in [-0.4, -0.2) is 11.1 Å². The van der Waals surface area contributed by atoms with Crippen LogP contribution >= 0.6 is 0 Å². The second kappa shape index (κ2) is 6.87. The van der Waals surface area contributed by atoms with Gasteiger partial charge in [0.25, 0.3) is 0 Å². The second-order valence-electron chi connectivity index (χ2n) is 6.36. The lowest BCUT2D eigenvalue weighted by Gasteiger charge is -2.15. The van der Waals surface area contributed by atoms with E-state index >= 15 is 0 Å². The Labute approximate surface area is 135 Å². The molecule has 0 aliphatic rings. The van der Waals surface area contributed by atoms with Crippen molar-refractivity contribution in [2.75, 3.05) is 0 Å². The van der Waals surface area contributed by atoms with E-state index in [9.17, 15) is 9.90 Å². The Balaban J connectivity index is 2.14. The minimum absolute atomic E-state index is 0.00598. The van der Waals surface area contributed by atoms with Crippen molar-refractivity contribution in [2.45, 2.75) is 40.4 Å². The van der Waals surface area contributed by atoms with E-state index in [2.05, 4.69) is 0 Å². The smallest absolute Gasteiger partial charge is 0.311 e. The fourth-order valence-corrected chi connectivity index (χ4v) is 1.85. The van der Waals surface area contributed by atoms with Gasteiger partial charge in [0.15, 0.2) is 11.5 Å². The van der Waals surface area contributed by atoms with Gasteiger partial charge in [0.2, 0.25) is 0 Å². The molecule has 23 heavy (non-hydrogen) atoms. The molecule has 5 nitrogen and oxygen atoms in total. The third-order valence-corrected chi connectivity index (χ3v) is 3.08. The van der Waals surface area contributed by atoms with Crippen molar-refractivity contribution in [2.24, 2.45) is 5.41 Å². The number of para-hydroxylation sites is 1. The molecule has 1 heterocycles. The Morgan fingerprint density at radius 2 is 1.91 bits per heavy atom. The van der Waals surface area contributed by atoms with Gasteiger partial charge in [-0.25, -0.2) is 0 Å². The Morgan fingerprint density at radius 3 is 2.48 bits per heavy atom. The number of furan rings is 1. The van der Waals surface area contributed by atoms with Crippen LogP contribution in [0.25, 0.3) is 0 Å².